The van der Waals surface area contributed by atoms with Crippen LogP contribution in [-0.2, 0) is 6.42 Å². The largest absolute Gasteiger partial charge is 0.496 e. The molecule has 0 saturated carbocycles. The van der Waals surface area contributed by atoms with Crippen molar-refractivity contribution in [3.63, 3.8) is 0 Å². The summed E-state index contributed by atoms with van der Waals surface area (Å²) in [6.07, 6.45) is 0.759. The zero-order chi connectivity index (χ0) is 13.8. The van der Waals surface area contributed by atoms with Crippen LogP contribution >= 0.6 is 11.3 Å². The summed E-state index contributed by atoms with van der Waals surface area (Å²) in [5.74, 6) is 6.55. The molecule has 2 rings (SSSR count). The van der Waals surface area contributed by atoms with E-state index in [4.69, 9.17) is 10.6 Å². The Morgan fingerprint density at radius 2 is 2.21 bits per heavy atom. The standard InChI is InChI=1S/C14H19N3OS/c1-9-4-5-13(18-3)11(6-9)12(17-15)7-14-16-10(2)8-19-14/h4-6,8,12,17H,7,15H2,1-3H3. The Morgan fingerprint density at radius 3 is 2.79 bits per heavy atom. The fraction of sp³-hybridized carbons (Fsp3) is 0.357. The van der Waals surface area contributed by atoms with Crippen LogP contribution in [0, 0.1) is 13.8 Å². The maximum atomic E-state index is 5.70. The molecule has 19 heavy (non-hydrogen) atoms. The molecule has 1 atom stereocenters. The molecule has 0 amide bonds. The van der Waals surface area contributed by atoms with Gasteiger partial charge in [0.05, 0.1) is 18.2 Å². The zero-order valence-corrected chi connectivity index (χ0v) is 12.3. The third-order valence-electron chi connectivity index (χ3n) is 3.01. The molecule has 0 radical (unpaired) electrons. The fourth-order valence-electron chi connectivity index (χ4n) is 2.06. The van der Waals surface area contributed by atoms with Crippen molar-refractivity contribution < 1.29 is 4.74 Å². The quantitative estimate of drug-likeness (QED) is 0.651. The molecule has 4 nitrogen and oxygen atoms in total. The van der Waals surface area contributed by atoms with Crippen LogP contribution < -0.4 is 16.0 Å². The number of benzene rings is 1. The number of hydrogen-bond donors (Lipinski definition) is 2. The predicted molar refractivity (Wildman–Crippen MR) is 78.4 cm³/mol. The normalized spacial score (nSPS) is 12.4. The van der Waals surface area contributed by atoms with E-state index in [9.17, 15) is 0 Å². The molecule has 0 spiro atoms. The highest BCUT2D eigenvalue weighted by Crippen LogP contribution is 2.28. The van der Waals surface area contributed by atoms with E-state index >= 15 is 0 Å². The SMILES string of the molecule is COc1ccc(C)cc1C(Cc1nc(C)cs1)NN. The zero-order valence-electron chi connectivity index (χ0n) is 11.4. The fourth-order valence-corrected chi connectivity index (χ4v) is 2.87. The van der Waals surface area contributed by atoms with Crippen molar-refractivity contribution in [2.24, 2.45) is 5.84 Å². The van der Waals surface area contributed by atoms with Gasteiger partial charge in [0.2, 0.25) is 0 Å². The summed E-state index contributed by atoms with van der Waals surface area (Å²) in [5.41, 5.74) is 6.17. The first-order valence-electron chi connectivity index (χ1n) is 6.15. The number of aryl methyl sites for hydroxylation is 2. The average Bonchev–Trinajstić information content (AvgIpc) is 2.81. The second kappa shape index (κ2) is 6.14. The summed E-state index contributed by atoms with van der Waals surface area (Å²) in [7, 11) is 1.68. The molecule has 0 bridgehead atoms. The number of aromatic nitrogens is 1. The van der Waals surface area contributed by atoms with E-state index in [-0.39, 0.29) is 6.04 Å². The van der Waals surface area contributed by atoms with Gasteiger partial charge in [-0.25, -0.2) is 4.98 Å². The number of nitrogens with one attached hydrogen (secondary N) is 1. The van der Waals surface area contributed by atoms with Crippen molar-refractivity contribution in [3.8, 4) is 5.75 Å². The summed E-state index contributed by atoms with van der Waals surface area (Å²) in [6.45, 7) is 4.06. The number of hydrogen-bond acceptors (Lipinski definition) is 5. The van der Waals surface area contributed by atoms with Gasteiger partial charge >= 0.3 is 0 Å². The molecule has 0 aliphatic heterocycles. The topological polar surface area (TPSA) is 60.2 Å². The summed E-state index contributed by atoms with van der Waals surface area (Å²) >= 11 is 1.66. The van der Waals surface area contributed by atoms with Crippen LogP contribution in [0.25, 0.3) is 0 Å². The molecule has 0 aliphatic rings. The maximum Gasteiger partial charge on any atom is 0.123 e. The first-order valence-corrected chi connectivity index (χ1v) is 7.03. The first-order chi connectivity index (χ1) is 9.13. The molecule has 1 heterocycles. The lowest BCUT2D eigenvalue weighted by atomic mass is 10.0. The van der Waals surface area contributed by atoms with Crippen LogP contribution in [0.3, 0.4) is 0 Å². The number of nitrogens with two attached hydrogens (primary N) is 1. The number of rotatable bonds is 5. The van der Waals surface area contributed by atoms with Crippen LogP contribution in [0.4, 0.5) is 0 Å². The van der Waals surface area contributed by atoms with Crippen molar-refractivity contribution in [3.05, 3.63) is 45.4 Å². The summed E-state index contributed by atoms with van der Waals surface area (Å²) in [4.78, 5) is 4.48. The molecule has 102 valence electrons. The predicted octanol–water partition coefficient (Wildman–Crippen LogP) is 2.52. The number of hydrazine groups is 1. The van der Waals surface area contributed by atoms with Crippen LogP contribution in [0.5, 0.6) is 5.75 Å². The molecule has 2 aromatic rings. The van der Waals surface area contributed by atoms with Crippen molar-refractivity contribution in [1.82, 2.24) is 10.4 Å². The van der Waals surface area contributed by atoms with E-state index in [1.54, 1.807) is 18.4 Å². The molecule has 1 aromatic heterocycles. The highest BCUT2D eigenvalue weighted by molar-refractivity contribution is 7.09. The Bertz CT molecular complexity index is 553. The van der Waals surface area contributed by atoms with Gasteiger partial charge in [0.1, 0.15) is 5.75 Å². The lowest BCUT2D eigenvalue weighted by Crippen LogP contribution is -2.30. The molecular weight excluding hydrogens is 258 g/mol. The Labute approximate surface area is 117 Å². The van der Waals surface area contributed by atoms with E-state index in [2.05, 4.69) is 28.8 Å². The molecule has 0 fully saturated rings. The van der Waals surface area contributed by atoms with Gasteiger partial charge in [-0.05, 0) is 19.9 Å². The number of nitrogens with zero attached hydrogens (tertiary/aromatic N) is 1. The smallest absolute Gasteiger partial charge is 0.123 e. The van der Waals surface area contributed by atoms with Crippen molar-refractivity contribution in [2.75, 3.05) is 7.11 Å². The van der Waals surface area contributed by atoms with E-state index < -0.39 is 0 Å². The Morgan fingerprint density at radius 1 is 1.42 bits per heavy atom. The van der Waals surface area contributed by atoms with Gasteiger partial charge in [-0.3, -0.25) is 11.3 Å². The monoisotopic (exact) mass is 277 g/mol. The van der Waals surface area contributed by atoms with Crippen LogP contribution in [-0.4, -0.2) is 12.1 Å². The minimum absolute atomic E-state index is 0.000370. The molecule has 1 unspecified atom stereocenters. The second-order valence-corrected chi connectivity index (χ2v) is 5.49. The van der Waals surface area contributed by atoms with Gasteiger partial charge in [0.25, 0.3) is 0 Å². The van der Waals surface area contributed by atoms with E-state index in [1.165, 1.54) is 5.56 Å². The molecule has 0 saturated heterocycles. The maximum absolute atomic E-state index is 5.70. The van der Waals surface area contributed by atoms with Gasteiger partial charge in [-0.1, -0.05) is 17.7 Å². The Balaban J connectivity index is 2.28. The third kappa shape index (κ3) is 3.32. The third-order valence-corrected chi connectivity index (χ3v) is 4.00. The molecule has 0 aliphatic carbocycles. The summed E-state index contributed by atoms with van der Waals surface area (Å²) in [5, 5.41) is 3.13. The van der Waals surface area contributed by atoms with Gasteiger partial charge in [-0.15, -0.1) is 11.3 Å². The van der Waals surface area contributed by atoms with Gasteiger partial charge in [0, 0.05) is 23.1 Å². The van der Waals surface area contributed by atoms with Crippen LogP contribution in [0.2, 0.25) is 0 Å². The first kappa shape index (κ1) is 14.0. The van der Waals surface area contributed by atoms with Gasteiger partial charge in [0.15, 0.2) is 0 Å². The molecular formula is C14H19N3OS. The molecule has 5 heteroatoms. The summed E-state index contributed by atoms with van der Waals surface area (Å²) in [6, 6.07) is 6.11. The van der Waals surface area contributed by atoms with E-state index in [1.807, 2.05) is 19.1 Å². The van der Waals surface area contributed by atoms with Crippen LogP contribution in [0.15, 0.2) is 23.6 Å². The lowest BCUT2D eigenvalue weighted by molar-refractivity contribution is 0.399. The highest BCUT2D eigenvalue weighted by atomic mass is 32.1. The summed E-state index contributed by atoms with van der Waals surface area (Å²) < 4.78 is 5.41. The molecule has 3 N–H and O–H groups in total. The van der Waals surface area contributed by atoms with Gasteiger partial charge in [-0.2, -0.15) is 0 Å². The second-order valence-electron chi connectivity index (χ2n) is 4.55. The average molecular weight is 277 g/mol. The minimum atomic E-state index is 0.000370. The van der Waals surface area contributed by atoms with E-state index in [0.29, 0.717) is 0 Å². The lowest BCUT2D eigenvalue weighted by Gasteiger charge is -2.18. The number of thiazole rings is 1. The van der Waals surface area contributed by atoms with Crippen molar-refractivity contribution >= 4 is 11.3 Å². The van der Waals surface area contributed by atoms with E-state index in [0.717, 1.165) is 28.4 Å². The Hall–Kier alpha value is -1.43. The number of ether oxygens (including phenoxy) is 1. The van der Waals surface area contributed by atoms with Crippen LogP contribution in [0.1, 0.15) is 27.9 Å². The Kier molecular flexibility index (Phi) is 4.52. The van der Waals surface area contributed by atoms with Gasteiger partial charge < -0.3 is 4.74 Å². The van der Waals surface area contributed by atoms with Crippen molar-refractivity contribution in [1.29, 1.82) is 0 Å². The highest BCUT2D eigenvalue weighted by Gasteiger charge is 2.17. The minimum Gasteiger partial charge on any atom is -0.496 e. The number of methoxy groups -OCH3 is 1. The molecule has 1 aromatic carbocycles. The van der Waals surface area contributed by atoms with Crippen molar-refractivity contribution in [2.45, 2.75) is 26.3 Å².